The van der Waals surface area contributed by atoms with Crippen molar-refractivity contribution in [3.8, 4) is 5.75 Å². The van der Waals surface area contributed by atoms with Gasteiger partial charge in [0.25, 0.3) is 15.9 Å². The van der Waals surface area contributed by atoms with Crippen LogP contribution in [0, 0.1) is 5.82 Å². The van der Waals surface area contributed by atoms with Gasteiger partial charge in [-0.2, -0.15) is 13.2 Å². The maximum Gasteiger partial charge on any atom is 0.416 e. The number of halogens is 4. The number of hydrogen-bond acceptors (Lipinski definition) is 4. The zero-order valence-electron chi connectivity index (χ0n) is 13.7. The van der Waals surface area contributed by atoms with Crippen LogP contribution in [0.1, 0.15) is 12.5 Å². The van der Waals surface area contributed by atoms with Crippen LogP contribution in [0.5, 0.6) is 5.75 Å². The van der Waals surface area contributed by atoms with Gasteiger partial charge in [-0.25, -0.2) is 12.8 Å². The summed E-state index contributed by atoms with van der Waals surface area (Å²) < 4.78 is 79.6. The Morgan fingerprint density at radius 1 is 1.04 bits per heavy atom. The molecule has 0 aliphatic rings. The van der Waals surface area contributed by atoms with Gasteiger partial charge in [0.1, 0.15) is 11.6 Å². The Balaban J connectivity index is 1.97. The minimum atomic E-state index is -4.60. The number of hydrogen-bond donors (Lipinski definition) is 2. The number of benzene rings is 2. The van der Waals surface area contributed by atoms with Crippen LogP contribution in [0.4, 0.5) is 17.6 Å². The Labute approximate surface area is 152 Å². The number of ether oxygens (including phenoxy) is 1. The first-order valence-electron chi connectivity index (χ1n) is 7.40. The van der Waals surface area contributed by atoms with Gasteiger partial charge in [-0.1, -0.05) is 0 Å². The summed E-state index contributed by atoms with van der Waals surface area (Å²) in [5, 5.41) is 0. The zero-order valence-corrected chi connectivity index (χ0v) is 14.6. The van der Waals surface area contributed by atoms with E-state index < -0.39 is 44.5 Å². The van der Waals surface area contributed by atoms with Gasteiger partial charge >= 0.3 is 6.18 Å². The van der Waals surface area contributed by atoms with Crippen molar-refractivity contribution in [2.75, 3.05) is 0 Å². The molecule has 0 aliphatic heterocycles. The van der Waals surface area contributed by atoms with Gasteiger partial charge in [-0.3, -0.25) is 10.2 Å². The first kappa shape index (κ1) is 20.6. The van der Waals surface area contributed by atoms with E-state index in [9.17, 15) is 30.8 Å². The summed E-state index contributed by atoms with van der Waals surface area (Å²) in [5.41, 5.74) is 0.892. The van der Waals surface area contributed by atoms with Crippen molar-refractivity contribution in [3.05, 3.63) is 59.9 Å². The molecule has 1 atom stereocenters. The lowest BCUT2D eigenvalue weighted by Crippen LogP contribution is -2.47. The van der Waals surface area contributed by atoms with E-state index in [4.69, 9.17) is 4.74 Å². The molecule has 0 bridgehead atoms. The third kappa shape index (κ3) is 5.66. The summed E-state index contributed by atoms with van der Waals surface area (Å²) in [6, 6.07) is 7.54. The zero-order chi connectivity index (χ0) is 20.2. The van der Waals surface area contributed by atoms with E-state index in [1.165, 1.54) is 19.1 Å². The minimum Gasteiger partial charge on any atom is -0.481 e. The largest absolute Gasteiger partial charge is 0.481 e. The molecule has 2 aromatic rings. The Hall–Kier alpha value is -2.66. The molecule has 0 radical (unpaired) electrons. The smallest absolute Gasteiger partial charge is 0.416 e. The first-order valence-corrected chi connectivity index (χ1v) is 8.88. The van der Waals surface area contributed by atoms with Crippen molar-refractivity contribution < 1.29 is 35.5 Å². The second-order valence-electron chi connectivity index (χ2n) is 5.33. The average molecular weight is 406 g/mol. The number of carbonyl (C=O) groups is 1. The Kier molecular flexibility index (Phi) is 6.06. The lowest BCUT2D eigenvalue weighted by molar-refractivity contribution is -0.137. The standard InChI is InChI=1S/C16H14F4N2O4S/c1-10(26-13-6-4-12(17)5-7-13)15(23)21-22-27(24,25)14-8-2-11(3-9-14)16(18,19)20/h2-10,22H,1H3,(H,21,23)/t10-/m1/s1. The maximum atomic E-state index is 12.8. The summed E-state index contributed by atoms with van der Waals surface area (Å²) in [4.78, 5) is 13.2. The molecule has 0 fully saturated rings. The molecule has 6 nitrogen and oxygen atoms in total. The number of hydrazine groups is 1. The Morgan fingerprint density at radius 2 is 1.59 bits per heavy atom. The number of amides is 1. The normalized spacial score (nSPS) is 13.1. The van der Waals surface area contributed by atoms with E-state index in [1.54, 1.807) is 4.83 Å². The quantitative estimate of drug-likeness (QED) is 0.571. The Bertz CT molecular complexity index is 898. The van der Waals surface area contributed by atoms with Gasteiger partial charge in [0.05, 0.1) is 10.5 Å². The predicted molar refractivity (Wildman–Crippen MR) is 86.4 cm³/mol. The van der Waals surface area contributed by atoms with Crippen molar-refractivity contribution in [2.45, 2.75) is 24.1 Å². The lowest BCUT2D eigenvalue weighted by Gasteiger charge is -2.15. The molecule has 2 N–H and O–H groups in total. The maximum absolute atomic E-state index is 12.8. The van der Waals surface area contributed by atoms with E-state index in [2.05, 4.69) is 0 Å². The molecule has 27 heavy (non-hydrogen) atoms. The van der Waals surface area contributed by atoms with E-state index in [0.717, 1.165) is 24.3 Å². The van der Waals surface area contributed by atoms with Crippen molar-refractivity contribution >= 4 is 15.9 Å². The molecule has 2 rings (SSSR count). The Morgan fingerprint density at radius 3 is 2.11 bits per heavy atom. The molecule has 0 heterocycles. The summed E-state index contributed by atoms with van der Waals surface area (Å²) in [6.45, 7) is 1.32. The topological polar surface area (TPSA) is 84.5 Å². The van der Waals surface area contributed by atoms with E-state index in [0.29, 0.717) is 12.1 Å². The summed E-state index contributed by atoms with van der Waals surface area (Å²) in [7, 11) is -4.28. The highest BCUT2D eigenvalue weighted by molar-refractivity contribution is 7.89. The summed E-state index contributed by atoms with van der Waals surface area (Å²) >= 11 is 0. The van der Waals surface area contributed by atoms with E-state index in [1.807, 2.05) is 5.43 Å². The molecular weight excluding hydrogens is 392 g/mol. The van der Waals surface area contributed by atoms with Crippen LogP contribution in [0.2, 0.25) is 0 Å². The number of alkyl halides is 3. The number of nitrogens with one attached hydrogen (secondary N) is 2. The van der Waals surface area contributed by atoms with Crippen molar-refractivity contribution in [2.24, 2.45) is 0 Å². The highest BCUT2D eigenvalue weighted by atomic mass is 32.2. The average Bonchev–Trinajstić information content (AvgIpc) is 2.61. The van der Waals surface area contributed by atoms with Crippen LogP contribution in [-0.2, 0) is 21.0 Å². The molecule has 0 spiro atoms. The van der Waals surface area contributed by atoms with Gasteiger partial charge in [0.15, 0.2) is 6.10 Å². The number of carbonyl (C=O) groups excluding carboxylic acids is 1. The molecule has 2 aromatic carbocycles. The number of rotatable bonds is 6. The monoisotopic (exact) mass is 406 g/mol. The number of sulfonamides is 1. The fraction of sp³-hybridized carbons (Fsp3) is 0.188. The van der Waals surface area contributed by atoms with Crippen LogP contribution < -0.4 is 15.0 Å². The fourth-order valence-corrected chi connectivity index (χ4v) is 2.72. The summed E-state index contributed by atoms with van der Waals surface area (Å²) in [6.07, 6.45) is -5.73. The molecule has 0 saturated carbocycles. The molecule has 1 amide bonds. The fourth-order valence-electron chi connectivity index (χ4n) is 1.87. The third-order valence-corrected chi connectivity index (χ3v) is 4.56. The van der Waals surface area contributed by atoms with Crippen LogP contribution in [0.15, 0.2) is 53.4 Å². The first-order chi connectivity index (χ1) is 12.5. The van der Waals surface area contributed by atoms with E-state index in [-0.39, 0.29) is 5.75 Å². The minimum absolute atomic E-state index is 0.185. The van der Waals surface area contributed by atoms with Crippen molar-refractivity contribution in [1.29, 1.82) is 0 Å². The van der Waals surface area contributed by atoms with Crippen molar-refractivity contribution in [3.63, 3.8) is 0 Å². The summed E-state index contributed by atoms with van der Waals surface area (Å²) in [5.74, 6) is -1.18. The van der Waals surface area contributed by atoms with Crippen LogP contribution in [0.25, 0.3) is 0 Å². The molecule has 0 aromatic heterocycles. The van der Waals surface area contributed by atoms with Crippen LogP contribution >= 0.6 is 0 Å². The molecule has 0 unspecified atom stereocenters. The third-order valence-electron chi connectivity index (χ3n) is 3.30. The predicted octanol–water partition coefficient (Wildman–Crippen LogP) is 2.62. The lowest BCUT2D eigenvalue weighted by atomic mass is 10.2. The van der Waals surface area contributed by atoms with Crippen LogP contribution in [0.3, 0.4) is 0 Å². The molecular formula is C16H14F4N2O4S. The van der Waals surface area contributed by atoms with Gasteiger partial charge in [-0.15, -0.1) is 4.83 Å². The highest BCUT2D eigenvalue weighted by Gasteiger charge is 2.30. The molecule has 0 aliphatic carbocycles. The van der Waals surface area contributed by atoms with Gasteiger partial charge < -0.3 is 4.74 Å². The second kappa shape index (κ2) is 7.92. The molecule has 146 valence electrons. The SMILES string of the molecule is C[C@@H](Oc1ccc(F)cc1)C(=O)NNS(=O)(=O)c1ccc(C(F)(F)F)cc1. The van der Waals surface area contributed by atoms with Crippen molar-refractivity contribution in [1.82, 2.24) is 10.3 Å². The van der Waals surface area contributed by atoms with E-state index >= 15 is 0 Å². The van der Waals surface area contributed by atoms with Gasteiger partial charge in [-0.05, 0) is 55.5 Å². The highest BCUT2D eigenvalue weighted by Crippen LogP contribution is 2.29. The molecule has 0 saturated heterocycles. The second-order valence-corrected chi connectivity index (χ2v) is 7.01. The molecule has 11 heteroatoms. The van der Waals surface area contributed by atoms with Gasteiger partial charge in [0, 0.05) is 0 Å². The van der Waals surface area contributed by atoms with Crippen LogP contribution in [-0.4, -0.2) is 20.4 Å². The van der Waals surface area contributed by atoms with Gasteiger partial charge in [0.2, 0.25) is 0 Å².